The van der Waals surface area contributed by atoms with E-state index < -0.39 is 22.0 Å². The number of rotatable bonds is 4. The van der Waals surface area contributed by atoms with Crippen molar-refractivity contribution in [1.29, 1.82) is 0 Å². The quantitative estimate of drug-likeness (QED) is 0.887. The van der Waals surface area contributed by atoms with Crippen LogP contribution in [0.1, 0.15) is 38.1 Å². The zero-order chi connectivity index (χ0) is 15.5. The van der Waals surface area contributed by atoms with Gasteiger partial charge in [0.25, 0.3) is 0 Å². The van der Waals surface area contributed by atoms with Crippen LogP contribution >= 0.6 is 0 Å². The van der Waals surface area contributed by atoms with E-state index in [4.69, 9.17) is 5.11 Å². The number of aromatic carboxylic acids is 1. The molecule has 110 valence electrons. The van der Waals surface area contributed by atoms with Crippen LogP contribution in [0.4, 0.5) is 0 Å². The minimum Gasteiger partial charge on any atom is -0.478 e. The van der Waals surface area contributed by atoms with Crippen molar-refractivity contribution in [3.8, 4) is 0 Å². The SMILES string of the molecule is CC(C(=O)NC(C)(C)C)S(=O)c1ccc(C(=O)O)cc1. The molecule has 0 heterocycles. The number of carbonyl (C=O) groups excluding carboxylic acids is 1. The van der Waals surface area contributed by atoms with Gasteiger partial charge in [0, 0.05) is 10.4 Å². The molecule has 0 aliphatic carbocycles. The summed E-state index contributed by atoms with van der Waals surface area (Å²) in [5, 5.41) is 10.9. The largest absolute Gasteiger partial charge is 0.478 e. The number of carbonyl (C=O) groups is 2. The molecule has 2 atom stereocenters. The number of amides is 1. The third-order valence-corrected chi connectivity index (χ3v) is 4.12. The van der Waals surface area contributed by atoms with Crippen molar-refractivity contribution in [1.82, 2.24) is 5.32 Å². The zero-order valence-corrected chi connectivity index (χ0v) is 12.8. The van der Waals surface area contributed by atoms with Crippen LogP contribution in [0.3, 0.4) is 0 Å². The zero-order valence-electron chi connectivity index (χ0n) is 12.0. The molecule has 1 rings (SSSR count). The Labute approximate surface area is 120 Å². The Hall–Kier alpha value is -1.69. The Kier molecular flexibility index (Phi) is 5.05. The van der Waals surface area contributed by atoms with E-state index >= 15 is 0 Å². The third-order valence-electron chi connectivity index (χ3n) is 2.52. The lowest BCUT2D eigenvalue weighted by molar-refractivity contribution is -0.121. The molecule has 0 spiro atoms. The second-order valence-corrected chi connectivity index (χ2v) is 7.28. The first kappa shape index (κ1) is 16.4. The number of benzene rings is 1. The molecular formula is C14H19NO4S. The lowest BCUT2D eigenvalue weighted by Gasteiger charge is -2.23. The van der Waals surface area contributed by atoms with E-state index in [0.29, 0.717) is 4.90 Å². The first-order valence-electron chi connectivity index (χ1n) is 6.18. The summed E-state index contributed by atoms with van der Waals surface area (Å²) in [5.74, 6) is -1.33. The average molecular weight is 297 g/mol. The standard InChI is InChI=1S/C14H19NO4S/c1-9(12(16)15-14(2,3)4)20(19)11-7-5-10(6-8-11)13(17)18/h5-9H,1-4H3,(H,15,16)(H,17,18). The number of hydrogen-bond donors (Lipinski definition) is 2. The van der Waals surface area contributed by atoms with Crippen LogP contribution in [0.15, 0.2) is 29.2 Å². The average Bonchev–Trinajstić information content (AvgIpc) is 2.35. The summed E-state index contributed by atoms with van der Waals surface area (Å²) in [6.07, 6.45) is 0. The Balaban J connectivity index is 2.84. The summed E-state index contributed by atoms with van der Waals surface area (Å²) >= 11 is 0. The van der Waals surface area contributed by atoms with E-state index in [9.17, 15) is 13.8 Å². The molecule has 0 saturated carbocycles. The van der Waals surface area contributed by atoms with Crippen LogP contribution in [0, 0.1) is 0 Å². The maximum Gasteiger partial charge on any atom is 0.335 e. The van der Waals surface area contributed by atoms with Crippen LogP contribution in [-0.2, 0) is 15.6 Å². The minimum absolute atomic E-state index is 0.123. The van der Waals surface area contributed by atoms with Gasteiger partial charge in [0.2, 0.25) is 5.91 Å². The van der Waals surface area contributed by atoms with Crippen LogP contribution in [0.2, 0.25) is 0 Å². The third kappa shape index (κ3) is 4.45. The van der Waals surface area contributed by atoms with Gasteiger partial charge in [0.15, 0.2) is 0 Å². The monoisotopic (exact) mass is 297 g/mol. The van der Waals surface area contributed by atoms with Crippen molar-refractivity contribution >= 4 is 22.7 Å². The summed E-state index contributed by atoms with van der Waals surface area (Å²) in [5.41, 5.74) is -0.263. The molecule has 1 aromatic rings. The summed E-state index contributed by atoms with van der Waals surface area (Å²) in [7, 11) is -1.52. The van der Waals surface area contributed by atoms with E-state index in [1.165, 1.54) is 24.3 Å². The Bertz CT molecular complexity index is 531. The van der Waals surface area contributed by atoms with Crippen molar-refractivity contribution in [3.63, 3.8) is 0 Å². The second-order valence-electron chi connectivity index (χ2n) is 5.51. The molecule has 2 unspecified atom stereocenters. The molecule has 0 radical (unpaired) electrons. The maximum atomic E-state index is 12.3. The lowest BCUT2D eigenvalue weighted by Crippen LogP contribution is -2.46. The summed E-state index contributed by atoms with van der Waals surface area (Å²) < 4.78 is 12.3. The van der Waals surface area contributed by atoms with Crippen molar-refractivity contribution in [2.45, 2.75) is 43.4 Å². The van der Waals surface area contributed by atoms with Gasteiger partial charge in [-0.05, 0) is 52.0 Å². The molecule has 0 aliphatic rings. The molecule has 0 aromatic heterocycles. The van der Waals surface area contributed by atoms with E-state index in [1.54, 1.807) is 6.92 Å². The van der Waals surface area contributed by atoms with E-state index in [1.807, 2.05) is 20.8 Å². The maximum absolute atomic E-state index is 12.3. The number of hydrogen-bond acceptors (Lipinski definition) is 3. The number of carboxylic acids is 1. The molecular weight excluding hydrogens is 278 g/mol. The minimum atomic E-state index is -1.52. The fourth-order valence-electron chi connectivity index (χ4n) is 1.50. The highest BCUT2D eigenvalue weighted by molar-refractivity contribution is 7.86. The summed E-state index contributed by atoms with van der Waals surface area (Å²) in [4.78, 5) is 23.1. The van der Waals surface area contributed by atoms with Gasteiger partial charge < -0.3 is 10.4 Å². The van der Waals surface area contributed by atoms with Gasteiger partial charge in [0.05, 0.1) is 16.4 Å². The molecule has 6 heteroatoms. The lowest BCUT2D eigenvalue weighted by atomic mass is 10.1. The molecule has 0 bridgehead atoms. The van der Waals surface area contributed by atoms with Crippen LogP contribution in [0.25, 0.3) is 0 Å². The van der Waals surface area contributed by atoms with Crippen molar-refractivity contribution in [2.75, 3.05) is 0 Å². The fraction of sp³-hybridized carbons (Fsp3) is 0.429. The first-order valence-corrected chi connectivity index (χ1v) is 7.39. The molecule has 20 heavy (non-hydrogen) atoms. The Morgan fingerprint density at radius 3 is 2.10 bits per heavy atom. The van der Waals surface area contributed by atoms with Gasteiger partial charge in [-0.2, -0.15) is 0 Å². The highest BCUT2D eigenvalue weighted by atomic mass is 32.2. The molecule has 0 saturated heterocycles. The summed E-state index contributed by atoms with van der Waals surface area (Å²) in [6.45, 7) is 7.13. The second kappa shape index (κ2) is 6.17. The number of nitrogens with one attached hydrogen (secondary N) is 1. The van der Waals surface area contributed by atoms with Gasteiger partial charge in [0.1, 0.15) is 5.25 Å². The van der Waals surface area contributed by atoms with Crippen molar-refractivity contribution in [2.24, 2.45) is 0 Å². The molecule has 0 aliphatic heterocycles. The van der Waals surface area contributed by atoms with Gasteiger partial charge in [-0.1, -0.05) is 0 Å². The highest BCUT2D eigenvalue weighted by Crippen LogP contribution is 2.14. The highest BCUT2D eigenvalue weighted by Gasteiger charge is 2.24. The number of carboxylic acid groups (broad SMARTS) is 1. The predicted octanol–water partition coefficient (Wildman–Crippen LogP) is 1.80. The predicted molar refractivity (Wildman–Crippen MR) is 77.2 cm³/mol. The molecule has 2 N–H and O–H groups in total. The van der Waals surface area contributed by atoms with Crippen LogP contribution in [0.5, 0.6) is 0 Å². The molecule has 0 fully saturated rings. The smallest absolute Gasteiger partial charge is 0.335 e. The van der Waals surface area contributed by atoms with Crippen molar-refractivity contribution < 1.29 is 18.9 Å². The molecule has 1 aromatic carbocycles. The van der Waals surface area contributed by atoms with Gasteiger partial charge in [-0.25, -0.2) is 4.79 Å². The van der Waals surface area contributed by atoms with E-state index in [-0.39, 0.29) is 17.0 Å². The van der Waals surface area contributed by atoms with Gasteiger partial charge in [-0.15, -0.1) is 0 Å². The molecule has 1 amide bonds. The van der Waals surface area contributed by atoms with Gasteiger partial charge in [-0.3, -0.25) is 9.00 Å². The van der Waals surface area contributed by atoms with Gasteiger partial charge >= 0.3 is 5.97 Å². The van der Waals surface area contributed by atoms with Crippen LogP contribution < -0.4 is 5.32 Å². The van der Waals surface area contributed by atoms with Crippen LogP contribution in [-0.4, -0.2) is 32.0 Å². The van der Waals surface area contributed by atoms with Crippen molar-refractivity contribution in [3.05, 3.63) is 29.8 Å². The van der Waals surface area contributed by atoms with E-state index in [0.717, 1.165) is 0 Å². The first-order chi connectivity index (χ1) is 9.11. The normalized spacial score (nSPS) is 14.4. The fourth-order valence-corrected chi connectivity index (χ4v) is 2.57. The Morgan fingerprint density at radius 2 is 1.70 bits per heavy atom. The Morgan fingerprint density at radius 1 is 1.20 bits per heavy atom. The topological polar surface area (TPSA) is 83.5 Å². The molecule has 5 nitrogen and oxygen atoms in total. The van der Waals surface area contributed by atoms with E-state index in [2.05, 4.69) is 5.32 Å². The summed E-state index contributed by atoms with van der Waals surface area (Å²) in [6, 6.07) is 5.70.